The molecule has 0 saturated carbocycles. The van der Waals surface area contributed by atoms with Crippen molar-refractivity contribution in [1.29, 1.82) is 0 Å². The Morgan fingerprint density at radius 2 is 1.78 bits per heavy atom. The van der Waals surface area contributed by atoms with E-state index in [0.717, 1.165) is 0 Å². The Kier molecular flexibility index (Phi) is 4.12. The van der Waals surface area contributed by atoms with E-state index in [-0.39, 0.29) is 11.7 Å². The third-order valence-corrected chi connectivity index (χ3v) is 3.61. The van der Waals surface area contributed by atoms with Crippen molar-refractivity contribution in [3.8, 4) is 0 Å². The maximum atomic E-state index is 12.9. The minimum atomic E-state index is -0.313. The summed E-state index contributed by atoms with van der Waals surface area (Å²) >= 11 is 5.85. The largest absolute Gasteiger partial charge is 0.361 e. The third kappa shape index (κ3) is 3.24. The molecule has 0 aromatic heterocycles. The first-order valence-electron chi connectivity index (χ1n) is 6.92. The van der Waals surface area contributed by atoms with E-state index in [4.69, 9.17) is 11.6 Å². The lowest BCUT2D eigenvalue weighted by molar-refractivity contribution is -0.114. The minimum Gasteiger partial charge on any atom is -0.361 e. The van der Waals surface area contributed by atoms with Crippen molar-refractivity contribution >= 4 is 34.6 Å². The molecule has 23 heavy (non-hydrogen) atoms. The van der Waals surface area contributed by atoms with Crippen LogP contribution in [-0.2, 0) is 4.79 Å². The van der Waals surface area contributed by atoms with Crippen molar-refractivity contribution in [2.24, 2.45) is 5.10 Å². The summed E-state index contributed by atoms with van der Waals surface area (Å²) in [5.41, 5.74) is 2.37. The number of rotatable bonds is 3. The number of benzene rings is 2. The quantitative estimate of drug-likeness (QED) is 0.858. The Bertz CT molecular complexity index is 798. The number of nitrogens with one attached hydrogen (secondary N) is 1. The van der Waals surface area contributed by atoms with Gasteiger partial charge < -0.3 is 5.32 Å². The van der Waals surface area contributed by atoms with Gasteiger partial charge in [0, 0.05) is 16.9 Å². The molecule has 1 aliphatic heterocycles. The molecule has 0 atom stereocenters. The summed E-state index contributed by atoms with van der Waals surface area (Å²) in [5.74, 6) is -0.550. The first-order chi connectivity index (χ1) is 11.0. The van der Waals surface area contributed by atoms with Crippen LogP contribution >= 0.6 is 11.6 Å². The van der Waals surface area contributed by atoms with Crippen molar-refractivity contribution in [2.45, 2.75) is 6.92 Å². The fourth-order valence-corrected chi connectivity index (χ4v) is 2.27. The molecule has 1 aliphatic rings. The van der Waals surface area contributed by atoms with Crippen molar-refractivity contribution < 1.29 is 9.18 Å². The molecule has 2 aromatic carbocycles. The van der Waals surface area contributed by atoms with Gasteiger partial charge in [0.1, 0.15) is 5.82 Å². The zero-order chi connectivity index (χ0) is 16.4. The van der Waals surface area contributed by atoms with Gasteiger partial charge in [0.05, 0.1) is 17.0 Å². The highest BCUT2D eigenvalue weighted by Gasteiger charge is 2.28. The van der Waals surface area contributed by atoms with Gasteiger partial charge in [0.2, 0.25) is 0 Å². The van der Waals surface area contributed by atoms with Crippen molar-refractivity contribution in [3.05, 3.63) is 71.1 Å². The number of anilines is 2. The van der Waals surface area contributed by atoms with Crippen LogP contribution in [0.4, 0.5) is 15.8 Å². The lowest BCUT2D eigenvalue weighted by atomic mass is 10.2. The lowest BCUT2D eigenvalue weighted by Crippen LogP contribution is -2.21. The molecule has 0 saturated heterocycles. The third-order valence-electron chi connectivity index (χ3n) is 3.36. The van der Waals surface area contributed by atoms with E-state index in [2.05, 4.69) is 10.4 Å². The Balaban J connectivity index is 1.80. The second-order valence-electron chi connectivity index (χ2n) is 4.99. The normalized spacial score (nSPS) is 16.0. The van der Waals surface area contributed by atoms with Crippen molar-refractivity contribution in [1.82, 2.24) is 0 Å². The topological polar surface area (TPSA) is 44.7 Å². The Labute approximate surface area is 137 Å². The van der Waals surface area contributed by atoms with Gasteiger partial charge in [-0.15, -0.1) is 0 Å². The zero-order valence-electron chi connectivity index (χ0n) is 12.3. The minimum absolute atomic E-state index is 0.237. The highest BCUT2D eigenvalue weighted by atomic mass is 35.5. The molecule has 1 heterocycles. The van der Waals surface area contributed by atoms with E-state index < -0.39 is 0 Å². The first-order valence-corrected chi connectivity index (χ1v) is 7.30. The van der Waals surface area contributed by atoms with Gasteiger partial charge in [-0.3, -0.25) is 4.79 Å². The molecule has 0 radical (unpaired) electrons. The van der Waals surface area contributed by atoms with Crippen LogP contribution in [0.1, 0.15) is 6.92 Å². The molecule has 2 aromatic rings. The molecule has 1 amide bonds. The molecule has 0 fully saturated rings. The van der Waals surface area contributed by atoms with E-state index in [1.54, 1.807) is 49.5 Å². The molecule has 1 N–H and O–H groups in total. The predicted octanol–water partition coefficient (Wildman–Crippen LogP) is 4.20. The van der Waals surface area contributed by atoms with Crippen LogP contribution in [0.25, 0.3) is 0 Å². The monoisotopic (exact) mass is 329 g/mol. The SMILES string of the molecule is CC1=NN(c2ccc(Cl)cc2)C(=O)C1=CNc1ccc(F)cc1. The van der Waals surface area contributed by atoms with Gasteiger partial charge >= 0.3 is 0 Å². The van der Waals surface area contributed by atoms with Gasteiger partial charge in [0.15, 0.2) is 0 Å². The van der Waals surface area contributed by atoms with Gasteiger partial charge in [-0.2, -0.15) is 10.1 Å². The Morgan fingerprint density at radius 3 is 2.43 bits per heavy atom. The van der Waals surface area contributed by atoms with Crippen LogP contribution in [0.3, 0.4) is 0 Å². The maximum Gasteiger partial charge on any atom is 0.282 e. The van der Waals surface area contributed by atoms with E-state index in [0.29, 0.717) is 27.7 Å². The average Bonchev–Trinajstić information content (AvgIpc) is 2.82. The molecule has 4 nitrogen and oxygen atoms in total. The van der Waals surface area contributed by atoms with Crippen LogP contribution in [0.5, 0.6) is 0 Å². The number of carbonyl (C=O) groups excluding carboxylic acids is 1. The number of hydrazone groups is 1. The fraction of sp³-hybridized carbons (Fsp3) is 0.0588. The zero-order valence-corrected chi connectivity index (χ0v) is 13.0. The summed E-state index contributed by atoms with van der Waals surface area (Å²) < 4.78 is 12.9. The number of nitrogens with zero attached hydrogens (tertiary/aromatic N) is 2. The summed E-state index contributed by atoms with van der Waals surface area (Å²) in [4.78, 5) is 12.5. The predicted molar refractivity (Wildman–Crippen MR) is 90.2 cm³/mol. The number of halogens is 2. The summed E-state index contributed by atoms with van der Waals surface area (Å²) in [6.45, 7) is 1.76. The number of carbonyl (C=O) groups is 1. The molecule has 116 valence electrons. The Morgan fingerprint density at radius 1 is 1.13 bits per heavy atom. The summed E-state index contributed by atoms with van der Waals surface area (Å²) in [7, 11) is 0. The first kappa shape index (κ1) is 15.2. The van der Waals surface area contributed by atoms with Gasteiger partial charge in [-0.05, 0) is 55.5 Å². The molecule has 6 heteroatoms. The van der Waals surface area contributed by atoms with E-state index in [9.17, 15) is 9.18 Å². The molecule has 0 unspecified atom stereocenters. The van der Waals surface area contributed by atoms with Crippen LogP contribution in [-0.4, -0.2) is 11.6 Å². The molecular weight excluding hydrogens is 317 g/mol. The van der Waals surface area contributed by atoms with E-state index >= 15 is 0 Å². The summed E-state index contributed by atoms with van der Waals surface area (Å²) in [6, 6.07) is 12.7. The molecular formula is C17H13ClFN3O. The average molecular weight is 330 g/mol. The second kappa shape index (κ2) is 6.22. The maximum absolute atomic E-state index is 12.9. The van der Waals surface area contributed by atoms with E-state index in [1.807, 2.05) is 0 Å². The van der Waals surface area contributed by atoms with Crippen LogP contribution in [0.2, 0.25) is 5.02 Å². The van der Waals surface area contributed by atoms with E-state index in [1.165, 1.54) is 17.1 Å². The smallest absolute Gasteiger partial charge is 0.282 e. The van der Waals surface area contributed by atoms with Crippen molar-refractivity contribution in [3.63, 3.8) is 0 Å². The number of hydrogen-bond donors (Lipinski definition) is 1. The van der Waals surface area contributed by atoms with Crippen LogP contribution in [0.15, 0.2) is 65.4 Å². The van der Waals surface area contributed by atoms with Crippen LogP contribution < -0.4 is 10.3 Å². The molecule has 0 spiro atoms. The standard InChI is InChI=1S/C17H13ClFN3O/c1-11-16(10-20-14-6-4-13(19)5-7-14)17(23)22(21-11)15-8-2-12(18)3-9-15/h2-10,20H,1H3. The highest BCUT2D eigenvalue weighted by Crippen LogP contribution is 2.25. The number of amides is 1. The highest BCUT2D eigenvalue weighted by molar-refractivity contribution is 6.31. The van der Waals surface area contributed by atoms with Crippen molar-refractivity contribution in [2.75, 3.05) is 10.3 Å². The second-order valence-corrected chi connectivity index (χ2v) is 5.42. The lowest BCUT2D eigenvalue weighted by Gasteiger charge is -2.11. The number of hydrogen-bond acceptors (Lipinski definition) is 3. The van der Waals surface area contributed by atoms with Gasteiger partial charge in [-0.25, -0.2) is 4.39 Å². The van der Waals surface area contributed by atoms with Crippen LogP contribution in [0, 0.1) is 5.82 Å². The van der Waals surface area contributed by atoms with Gasteiger partial charge in [-0.1, -0.05) is 11.6 Å². The Hall–Kier alpha value is -2.66. The molecule has 0 bridgehead atoms. The summed E-state index contributed by atoms with van der Waals surface area (Å²) in [5, 5.41) is 9.16. The summed E-state index contributed by atoms with van der Waals surface area (Å²) in [6.07, 6.45) is 1.57. The molecule has 0 aliphatic carbocycles. The molecule has 3 rings (SSSR count). The van der Waals surface area contributed by atoms with Gasteiger partial charge in [0.25, 0.3) is 5.91 Å². The fourth-order valence-electron chi connectivity index (χ4n) is 2.14.